The lowest BCUT2D eigenvalue weighted by molar-refractivity contribution is -0.121. The summed E-state index contributed by atoms with van der Waals surface area (Å²) in [7, 11) is 0. The smallest absolute Gasteiger partial charge is 0.290 e. The maximum Gasteiger partial charge on any atom is 0.290 e. The van der Waals surface area contributed by atoms with Crippen LogP contribution in [0.4, 0.5) is 5.69 Å². The first-order valence-electron chi connectivity index (χ1n) is 7.11. The van der Waals surface area contributed by atoms with Crippen molar-refractivity contribution >= 4 is 17.5 Å². The Balaban J connectivity index is 1.72. The van der Waals surface area contributed by atoms with Crippen molar-refractivity contribution < 1.29 is 14.1 Å². The van der Waals surface area contributed by atoms with E-state index in [1.807, 2.05) is 6.07 Å². The van der Waals surface area contributed by atoms with E-state index in [2.05, 4.69) is 15.5 Å². The molecular weight excluding hydrogens is 284 g/mol. The molecule has 2 amide bonds. The number of carbonyl (C=O) groups is 2. The summed E-state index contributed by atoms with van der Waals surface area (Å²) in [6, 6.07) is 4.59. The van der Waals surface area contributed by atoms with Crippen molar-refractivity contribution in [2.75, 3.05) is 11.4 Å². The molecule has 1 fully saturated rings. The van der Waals surface area contributed by atoms with Crippen LogP contribution < -0.4 is 10.2 Å². The Morgan fingerprint density at radius 1 is 1.50 bits per heavy atom. The van der Waals surface area contributed by atoms with Crippen LogP contribution in [0.1, 0.15) is 29.1 Å². The second-order valence-corrected chi connectivity index (χ2v) is 5.20. The Kier molecular flexibility index (Phi) is 3.86. The number of nitrogens with zero attached hydrogens (tertiary/aromatic N) is 3. The van der Waals surface area contributed by atoms with Gasteiger partial charge < -0.3 is 14.7 Å². The third-order valence-corrected chi connectivity index (χ3v) is 3.55. The first-order valence-corrected chi connectivity index (χ1v) is 7.11. The van der Waals surface area contributed by atoms with E-state index < -0.39 is 11.9 Å². The van der Waals surface area contributed by atoms with Crippen LogP contribution in [-0.4, -0.2) is 34.5 Å². The van der Waals surface area contributed by atoms with Crippen LogP contribution in [0.5, 0.6) is 0 Å². The first kappa shape index (κ1) is 14.2. The summed E-state index contributed by atoms with van der Waals surface area (Å²) >= 11 is 0. The van der Waals surface area contributed by atoms with Crippen LogP contribution in [0.15, 0.2) is 35.1 Å². The molecule has 2 aromatic heterocycles. The molecule has 3 heterocycles. The predicted molar refractivity (Wildman–Crippen MR) is 78.3 cm³/mol. The van der Waals surface area contributed by atoms with Crippen molar-refractivity contribution in [2.24, 2.45) is 0 Å². The Labute approximate surface area is 127 Å². The zero-order valence-corrected chi connectivity index (χ0v) is 12.2. The van der Waals surface area contributed by atoms with Gasteiger partial charge in [0.1, 0.15) is 6.04 Å². The van der Waals surface area contributed by atoms with Crippen LogP contribution >= 0.6 is 0 Å². The van der Waals surface area contributed by atoms with Crippen LogP contribution in [0.3, 0.4) is 0 Å². The fourth-order valence-electron chi connectivity index (χ4n) is 2.48. The fourth-order valence-corrected chi connectivity index (χ4v) is 2.48. The summed E-state index contributed by atoms with van der Waals surface area (Å²) in [5, 5.41) is 6.39. The van der Waals surface area contributed by atoms with Gasteiger partial charge in [0.15, 0.2) is 0 Å². The van der Waals surface area contributed by atoms with Gasteiger partial charge in [0.05, 0.1) is 17.6 Å². The fraction of sp³-hybridized carbons (Fsp3) is 0.333. The lowest BCUT2D eigenvalue weighted by Gasteiger charge is -2.32. The highest BCUT2D eigenvalue weighted by molar-refractivity contribution is 6.01. The molecular formula is C15H16N4O3. The van der Waals surface area contributed by atoms with Crippen molar-refractivity contribution in [3.05, 3.63) is 42.0 Å². The van der Waals surface area contributed by atoms with E-state index in [0.717, 1.165) is 12.1 Å². The summed E-state index contributed by atoms with van der Waals surface area (Å²) in [5.41, 5.74) is 1.36. The third kappa shape index (κ3) is 2.83. The monoisotopic (exact) mass is 300 g/mol. The summed E-state index contributed by atoms with van der Waals surface area (Å²) < 4.78 is 4.92. The summed E-state index contributed by atoms with van der Waals surface area (Å²) in [6.07, 6.45) is 4.71. The third-order valence-electron chi connectivity index (χ3n) is 3.55. The van der Waals surface area contributed by atoms with Crippen LogP contribution in [0.2, 0.25) is 0 Å². The van der Waals surface area contributed by atoms with E-state index in [-0.39, 0.29) is 11.7 Å². The summed E-state index contributed by atoms with van der Waals surface area (Å²) in [6.45, 7) is 2.36. The van der Waals surface area contributed by atoms with Gasteiger partial charge in [0, 0.05) is 18.8 Å². The maximum atomic E-state index is 12.5. The number of rotatable bonds is 3. The minimum absolute atomic E-state index is 0.115. The number of anilines is 1. The molecule has 7 heteroatoms. The van der Waals surface area contributed by atoms with E-state index in [0.29, 0.717) is 18.7 Å². The Hall–Kier alpha value is -2.70. The summed E-state index contributed by atoms with van der Waals surface area (Å²) in [5.74, 6) is -0.445. The standard InChI is InChI=1S/C15H16N4O3/c1-10-8-13(22-18-10)14(20)17-12-5-3-7-19(15(12)21)11-4-2-6-16-9-11/h2,4,6,8-9,12H,3,5,7H2,1H3,(H,17,20)/t12-/m1/s1. The second kappa shape index (κ2) is 5.97. The largest absolute Gasteiger partial charge is 0.351 e. The van der Waals surface area contributed by atoms with Crippen molar-refractivity contribution in [3.63, 3.8) is 0 Å². The quantitative estimate of drug-likeness (QED) is 0.923. The van der Waals surface area contributed by atoms with E-state index in [1.165, 1.54) is 0 Å². The normalized spacial score (nSPS) is 18.3. The lowest BCUT2D eigenvalue weighted by atomic mass is 10.0. The molecule has 0 radical (unpaired) electrons. The van der Waals surface area contributed by atoms with Gasteiger partial charge in [0.2, 0.25) is 11.7 Å². The number of nitrogens with one attached hydrogen (secondary N) is 1. The number of piperidine rings is 1. The number of pyridine rings is 1. The van der Waals surface area contributed by atoms with E-state index in [9.17, 15) is 9.59 Å². The van der Waals surface area contributed by atoms with Gasteiger partial charge in [-0.1, -0.05) is 5.16 Å². The molecule has 7 nitrogen and oxygen atoms in total. The van der Waals surface area contributed by atoms with E-state index in [1.54, 1.807) is 36.4 Å². The van der Waals surface area contributed by atoms with Crippen molar-refractivity contribution in [1.82, 2.24) is 15.5 Å². The molecule has 3 rings (SSSR count). The topological polar surface area (TPSA) is 88.3 Å². The van der Waals surface area contributed by atoms with E-state index >= 15 is 0 Å². The number of carbonyl (C=O) groups excluding carboxylic acids is 2. The molecule has 114 valence electrons. The van der Waals surface area contributed by atoms with Crippen molar-refractivity contribution in [3.8, 4) is 0 Å². The lowest BCUT2D eigenvalue weighted by Crippen LogP contribution is -2.52. The van der Waals surface area contributed by atoms with Crippen LogP contribution in [0.25, 0.3) is 0 Å². The molecule has 0 saturated carbocycles. The molecule has 0 aromatic carbocycles. The number of aryl methyl sites for hydroxylation is 1. The Morgan fingerprint density at radius 2 is 2.36 bits per heavy atom. The SMILES string of the molecule is Cc1cc(C(=O)N[C@@H]2CCCN(c3cccnc3)C2=O)on1. The highest BCUT2D eigenvalue weighted by atomic mass is 16.5. The van der Waals surface area contributed by atoms with Gasteiger partial charge in [-0.25, -0.2) is 0 Å². The molecule has 0 aliphatic carbocycles. The number of hydrogen-bond acceptors (Lipinski definition) is 5. The number of hydrogen-bond donors (Lipinski definition) is 1. The van der Waals surface area contributed by atoms with E-state index in [4.69, 9.17) is 4.52 Å². The first-order chi connectivity index (χ1) is 10.6. The van der Waals surface area contributed by atoms with Gasteiger partial charge in [-0.05, 0) is 31.9 Å². The second-order valence-electron chi connectivity index (χ2n) is 5.20. The Morgan fingerprint density at radius 3 is 3.05 bits per heavy atom. The molecule has 1 N–H and O–H groups in total. The molecule has 1 aliphatic heterocycles. The average Bonchev–Trinajstić information content (AvgIpc) is 2.97. The Bertz CT molecular complexity index is 683. The number of amides is 2. The van der Waals surface area contributed by atoms with Crippen LogP contribution in [0, 0.1) is 6.92 Å². The van der Waals surface area contributed by atoms with Gasteiger partial charge in [0.25, 0.3) is 5.91 Å². The predicted octanol–water partition coefficient (Wildman–Crippen LogP) is 1.30. The number of aromatic nitrogens is 2. The molecule has 1 aliphatic rings. The van der Waals surface area contributed by atoms with Crippen LogP contribution in [-0.2, 0) is 4.79 Å². The minimum Gasteiger partial charge on any atom is -0.351 e. The molecule has 0 bridgehead atoms. The van der Waals surface area contributed by atoms with Gasteiger partial charge in [-0.2, -0.15) is 0 Å². The zero-order chi connectivity index (χ0) is 15.5. The molecule has 22 heavy (non-hydrogen) atoms. The molecule has 1 atom stereocenters. The maximum absolute atomic E-state index is 12.5. The zero-order valence-electron chi connectivity index (χ0n) is 12.2. The van der Waals surface area contributed by atoms with Gasteiger partial charge in [-0.3, -0.25) is 14.6 Å². The van der Waals surface area contributed by atoms with Gasteiger partial charge >= 0.3 is 0 Å². The highest BCUT2D eigenvalue weighted by Gasteiger charge is 2.31. The highest BCUT2D eigenvalue weighted by Crippen LogP contribution is 2.20. The van der Waals surface area contributed by atoms with Crippen molar-refractivity contribution in [2.45, 2.75) is 25.8 Å². The molecule has 0 spiro atoms. The molecule has 1 saturated heterocycles. The average molecular weight is 300 g/mol. The summed E-state index contributed by atoms with van der Waals surface area (Å²) in [4.78, 5) is 30.3. The minimum atomic E-state index is -0.563. The molecule has 0 unspecified atom stereocenters. The molecule has 2 aromatic rings. The van der Waals surface area contributed by atoms with Crippen molar-refractivity contribution in [1.29, 1.82) is 0 Å². The van der Waals surface area contributed by atoms with Gasteiger partial charge in [-0.15, -0.1) is 0 Å².